The van der Waals surface area contributed by atoms with Crippen molar-refractivity contribution in [2.24, 2.45) is 5.41 Å². The Morgan fingerprint density at radius 2 is 1.21 bits per heavy atom. The molecule has 3 nitrogen and oxygen atoms in total. The predicted molar refractivity (Wildman–Crippen MR) is 166 cm³/mol. The number of aryl methyl sites for hydroxylation is 1. The average Bonchev–Trinajstić information content (AvgIpc) is 2.99. The molecule has 1 saturated carbocycles. The van der Waals surface area contributed by atoms with E-state index < -0.39 is 0 Å². The van der Waals surface area contributed by atoms with E-state index in [1.54, 1.807) is 0 Å². The maximum atomic E-state index is 10.00. The summed E-state index contributed by atoms with van der Waals surface area (Å²) in [6.07, 6.45) is 30.4. The number of benzene rings is 1. The summed E-state index contributed by atoms with van der Waals surface area (Å²) in [6.45, 7) is 4.55. The van der Waals surface area contributed by atoms with Crippen LogP contribution in [0.5, 0.6) is 0 Å². The summed E-state index contributed by atoms with van der Waals surface area (Å²) in [5.74, 6) is 1.36. The molecular weight excluding hydrogens is 474 g/mol. The second kappa shape index (κ2) is 18.2. The van der Waals surface area contributed by atoms with Crippen molar-refractivity contribution < 1.29 is 0 Å². The first-order valence-electron chi connectivity index (χ1n) is 16.5. The van der Waals surface area contributed by atoms with Crippen molar-refractivity contribution in [3.05, 3.63) is 48.0 Å². The third-order valence-electron chi connectivity index (χ3n) is 9.08. The van der Waals surface area contributed by atoms with Crippen LogP contribution >= 0.6 is 0 Å². The lowest BCUT2D eigenvalue weighted by molar-refractivity contribution is 0.219. The fourth-order valence-electron chi connectivity index (χ4n) is 6.29. The Balaban J connectivity index is 1.38. The van der Waals surface area contributed by atoms with Crippen molar-refractivity contribution in [2.75, 3.05) is 0 Å². The normalized spacial score (nSPS) is 19.2. The lowest BCUT2D eigenvalue weighted by Crippen LogP contribution is -2.26. The van der Waals surface area contributed by atoms with Gasteiger partial charge in [0, 0.05) is 23.9 Å². The quantitative estimate of drug-likeness (QED) is 0.170. The molecule has 1 aromatic heterocycles. The molecule has 0 radical (unpaired) electrons. The molecule has 1 fully saturated rings. The maximum absolute atomic E-state index is 10.00. The van der Waals surface area contributed by atoms with Gasteiger partial charge in [0.05, 0.1) is 11.5 Å². The second-order valence-electron chi connectivity index (χ2n) is 12.3. The van der Waals surface area contributed by atoms with Crippen LogP contribution < -0.4 is 0 Å². The summed E-state index contributed by atoms with van der Waals surface area (Å²) in [7, 11) is 0. The van der Waals surface area contributed by atoms with E-state index >= 15 is 0 Å². The molecular formula is C36H55N3. The number of aromatic nitrogens is 2. The Bertz CT molecular complexity index is 933. The van der Waals surface area contributed by atoms with E-state index in [1.165, 1.54) is 114 Å². The number of hydrogen-bond acceptors (Lipinski definition) is 3. The van der Waals surface area contributed by atoms with Crippen molar-refractivity contribution in [3.63, 3.8) is 0 Å². The third-order valence-corrected chi connectivity index (χ3v) is 9.08. The number of hydrogen-bond donors (Lipinski definition) is 0. The van der Waals surface area contributed by atoms with Crippen molar-refractivity contribution in [1.29, 1.82) is 5.26 Å². The Kier molecular flexibility index (Phi) is 14.6. The zero-order valence-electron chi connectivity index (χ0n) is 25.2. The van der Waals surface area contributed by atoms with Gasteiger partial charge in [-0.1, -0.05) is 128 Å². The average molecular weight is 530 g/mol. The van der Waals surface area contributed by atoms with Crippen molar-refractivity contribution in [3.8, 4) is 17.2 Å². The molecule has 0 bridgehead atoms. The maximum Gasteiger partial charge on any atom is 0.131 e. The van der Waals surface area contributed by atoms with Gasteiger partial charge in [-0.25, -0.2) is 9.97 Å². The lowest BCUT2D eigenvalue weighted by atomic mass is 9.68. The topological polar surface area (TPSA) is 49.6 Å². The van der Waals surface area contributed by atoms with Crippen molar-refractivity contribution >= 4 is 0 Å². The van der Waals surface area contributed by atoms with E-state index in [2.05, 4.69) is 44.2 Å². The molecule has 3 heteroatoms. The Hall–Kier alpha value is -2.21. The lowest BCUT2D eigenvalue weighted by Gasteiger charge is -2.34. The van der Waals surface area contributed by atoms with Crippen LogP contribution in [-0.4, -0.2) is 9.97 Å². The molecule has 0 N–H and O–H groups in total. The highest BCUT2D eigenvalue weighted by Crippen LogP contribution is 2.45. The van der Waals surface area contributed by atoms with Crippen LogP contribution in [0.1, 0.15) is 160 Å². The van der Waals surface area contributed by atoms with Crippen molar-refractivity contribution in [2.45, 2.75) is 155 Å². The minimum atomic E-state index is -0.116. The summed E-state index contributed by atoms with van der Waals surface area (Å²) in [5.41, 5.74) is 3.61. The fraction of sp³-hybridized carbons (Fsp3) is 0.694. The second-order valence-corrected chi connectivity index (χ2v) is 12.3. The molecule has 214 valence electrons. The molecule has 0 atom stereocenters. The summed E-state index contributed by atoms with van der Waals surface area (Å²) in [5, 5.41) is 10.00. The van der Waals surface area contributed by atoms with Crippen molar-refractivity contribution in [1.82, 2.24) is 9.97 Å². The smallest absolute Gasteiger partial charge is 0.131 e. The van der Waals surface area contributed by atoms with Crippen LogP contribution in [0, 0.1) is 16.7 Å². The molecule has 0 unspecified atom stereocenters. The zero-order chi connectivity index (χ0) is 27.6. The molecule has 1 aromatic carbocycles. The molecule has 1 heterocycles. The first kappa shape index (κ1) is 31.3. The van der Waals surface area contributed by atoms with Gasteiger partial charge in [0.1, 0.15) is 5.82 Å². The monoisotopic (exact) mass is 529 g/mol. The number of nitrogens with zero attached hydrogens (tertiary/aromatic N) is 3. The summed E-state index contributed by atoms with van der Waals surface area (Å²) >= 11 is 0. The van der Waals surface area contributed by atoms with E-state index in [0.717, 1.165) is 43.5 Å². The summed E-state index contributed by atoms with van der Waals surface area (Å²) in [6, 6.07) is 11.7. The molecule has 0 spiro atoms. The van der Waals surface area contributed by atoms with E-state index in [9.17, 15) is 5.26 Å². The SMILES string of the molecule is CCCCCCCCCCC1(C#N)CCC(c2ncc(-c3ccc(CCCCCCCCC)cc3)cn2)CC1. The van der Waals surface area contributed by atoms with Gasteiger partial charge in [0.2, 0.25) is 0 Å². The van der Waals surface area contributed by atoms with Crippen LogP contribution in [0.4, 0.5) is 0 Å². The van der Waals surface area contributed by atoms with Gasteiger partial charge in [0.15, 0.2) is 0 Å². The van der Waals surface area contributed by atoms with Gasteiger partial charge in [0.25, 0.3) is 0 Å². The van der Waals surface area contributed by atoms with E-state index in [4.69, 9.17) is 9.97 Å². The highest BCUT2D eigenvalue weighted by atomic mass is 14.9. The Morgan fingerprint density at radius 1 is 0.692 bits per heavy atom. The first-order valence-corrected chi connectivity index (χ1v) is 16.5. The standard InChI is InChI=1S/C36H55N3/c1-3-5-7-9-11-13-15-17-25-36(30-37)26-23-33(24-27-36)35-38-28-34(29-39-35)32-21-19-31(20-22-32)18-16-14-12-10-8-6-4-2/h19-22,28-29,33H,3-18,23-27H2,1-2H3. The summed E-state index contributed by atoms with van der Waals surface area (Å²) in [4.78, 5) is 9.58. The third kappa shape index (κ3) is 11.1. The van der Waals surface area contributed by atoms with E-state index in [1.807, 2.05) is 12.4 Å². The molecule has 0 aliphatic heterocycles. The first-order chi connectivity index (χ1) is 19.2. The Labute approximate surface area is 240 Å². The number of nitriles is 1. The minimum Gasteiger partial charge on any atom is -0.240 e. The molecule has 0 amide bonds. The highest BCUT2D eigenvalue weighted by molar-refractivity contribution is 5.61. The van der Waals surface area contributed by atoms with Crippen LogP contribution in [0.2, 0.25) is 0 Å². The zero-order valence-corrected chi connectivity index (χ0v) is 25.2. The van der Waals surface area contributed by atoms with Gasteiger partial charge in [-0.3, -0.25) is 0 Å². The predicted octanol–water partition coefficient (Wildman–Crippen LogP) is 11.1. The van der Waals surface area contributed by atoms with Crippen LogP contribution in [0.15, 0.2) is 36.7 Å². The molecule has 1 aliphatic carbocycles. The molecule has 1 aliphatic rings. The molecule has 0 saturated heterocycles. The Morgan fingerprint density at radius 3 is 1.74 bits per heavy atom. The van der Waals surface area contributed by atoms with Gasteiger partial charge >= 0.3 is 0 Å². The fourth-order valence-corrected chi connectivity index (χ4v) is 6.29. The molecule has 2 aromatic rings. The highest BCUT2D eigenvalue weighted by Gasteiger charge is 2.36. The summed E-state index contributed by atoms with van der Waals surface area (Å²) < 4.78 is 0. The van der Waals surface area contributed by atoms with Gasteiger partial charge in [-0.05, 0) is 56.1 Å². The largest absolute Gasteiger partial charge is 0.240 e. The van der Waals surface area contributed by atoms with Gasteiger partial charge in [-0.15, -0.1) is 0 Å². The van der Waals surface area contributed by atoms with Crippen LogP contribution in [0.3, 0.4) is 0 Å². The van der Waals surface area contributed by atoms with Gasteiger partial charge in [-0.2, -0.15) is 5.26 Å². The van der Waals surface area contributed by atoms with E-state index in [0.29, 0.717) is 5.92 Å². The molecule has 3 rings (SSSR count). The number of rotatable bonds is 19. The van der Waals surface area contributed by atoms with Gasteiger partial charge < -0.3 is 0 Å². The van der Waals surface area contributed by atoms with Crippen LogP contribution in [-0.2, 0) is 6.42 Å². The number of unbranched alkanes of at least 4 members (excludes halogenated alkanes) is 13. The van der Waals surface area contributed by atoms with Crippen LogP contribution in [0.25, 0.3) is 11.1 Å². The molecule has 39 heavy (non-hydrogen) atoms. The minimum absolute atomic E-state index is 0.116. The van der Waals surface area contributed by atoms with E-state index in [-0.39, 0.29) is 5.41 Å².